The number of carbonyl (C=O) groups is 1. The van der Waals surface area contributed by atoms with E-state index < -0.39 is 5.91 Å². The smallest absolute Gasteiger partial charge is 0.262 e. The molecule has 0 saturated carbocycles. The molecule has 0 unspecified atom stereocenters. The first-order chi connectivity index (χ1) is 13.5. The molecular formula is C22H19BrN2O3. The van der Waals surface area contributed by atoms with Gasteiger partial charge in [-0.25, -0.2) is 0 Å². The number of rotatable bonds is 7. The normalized spacial score (nSPS) is 11.7. The maximum Gasteiger partial charge on any atom is 0.262 e. The van der Waals surface area contributed by atoms with E-state index >= 15 is 0 Å². The number of hydrogen-bond donors (Lipinski definition) is 1. The van der Waals surface area contributed by atoms with E-state index in [4.69, 9.17) is 15.9 Å². The lowest BCUT2D eigenvalue weighted by Gasteiger charge is -2.15. The Hall–Kier alpha value is -3.22. The standard InChI is InChI=1S/C22H19BrN2O3/c1-4-10-28-21-17(12-19(23)13-20(21)27-3)11-18(14-24)22(26)25-15(2)16-8-6-5-7-9-16/h1,5-9,11-13,15H,10H2,2-3H3,(H,25,26)/b18-11+/t15-/m1/s1. The predicted octanol–water partition coefficient (Wildman–Crippen LogP) is 4.25. The number of hydrogen-bond acceptors (Lipinski definition) is 4. The predicted molar refractivity (Wildman–Crippen MR) is 112 cm³/mol. The molecule has 5 nitrogen and oxygen atoms in total. The summed E-state index contributed by atoms with van der Waals surface area (Å²) in [6.07, 6.45) is 6.73. The zero-order chi connectivity index (χ0) is 20.5. The third kappa shape index (κ3) is 5.39. The highest BCUT2D eigenvalue weighted by molar-refractivity contribution is 9.10. The largest absolute Gasteiger partial charge is 0.493 e. The van der Waals surface area contributed by atoms with Crippen molar-refractivity contribution in [2.75, 3.05) is 13.7 Å². The van der Waals surface area contributed by atoms with Crippen LogP contribution in [0.5, 0.6) is 11.5 Å². The van der Waals surface area contributed by atoms with Gasteiger partial charge in [-0.05, 0) is 30.7 Å². The summed E-state index contributed by atoms with van der Waals surface area (Å²) >= 11 is 3.39. The van der Waals surface area contributed by atoms with E-state index in [2.05, 4.69) is 27.2 Å². The highest BCUT2D eigenvalue weighted by atomic mass is 79.9. The monoisotopic (exact) mass is 438 g/mol. The summed E-state index contributed by atoms with van der Waals surface area (Å²) in [5, 5.41) is 12.3. The Morgan fingerprint density at radius 1 is 1.36 bits per heavy atom. The number of methoxy groups -OCH3 is 1. The average Bonchev–Trinajstić information content (AvgIpc) is 2.71. The van der Waals surface area contributed by atoms with Gasteiger partial charge in [-0.15, -0.1) is 6.42 Å². The second-order valence-electron chi connectivity index (χ2n) is 5.79. The van der Waals surface area contributed by atoms with Crippen LogP contribution in [0, 0.1) is 23.7 Å². The van der Waals surface area contributed by atoms with Gasteiger partial charge < -0.3 is 14.8 Å². The number of terminal acetylenes is 1. The number of amides is 1. The summed E-state index contributed by atoms with van der Waals surface area (Å²) in [4.78, 5) is 12.6. The quantitative estimate of drug-likeness (QED) is 0.398. The molecule has 2 rings (SSSR count). The highest BCUT2D eigenvalue weighted by Crippen LogP contribution is 2.36. The minimum absolute atomic E-state index is 0.0258. The molecule has 0 aromatic heterocycles. The van der Waals surface area contributed by atoms with Gasteiger partial charge in [0.25, 0.3) is 5.91 Å². The van der Waals surface area contributed by atoms with Gasteiger partial charge in [0.2, 0.25) is 0 Å². The molecule has 0 bridgehead atoms. The van der Waals surface area contributed by atoms with E-state index in [9.17, 15) is 10.1 Å². The van der Waals surface area contributed by atoms with Gasteiger partial charge in [0.1, 0.15) is 18.2 Å². The van der Waals surface area contributed by atoms with E-state index in [1.807, 2.05) is 43.3 Å². The Labute approximate surface area is 173 Å². The van der Waals surface area contributed by atoms with Crippen LogP contribution in [-0.4, -0.2) is 19.6 Å². The zero-order valence-corrected chi connectivity index (χ0v) is 17.1. The molecule has 1 amide bonds. The molecule has 0 saturated heterocycles. The topological polar surface area (TPSA) is 71.3 Å². The summed E-state index contributed by atoms with van der Waals surface area (Å²) in [6, 6.07) is 14.6. The Kier molecular flexibility index (Phi) is 7.68. The molecular weight excluding hydrogens is 420 g/mol. The summed E-state index contributed by atoms with van der Waals surface area (Å²) in [5.74, 6) is 2.70. The van der Waals surface area contributed by atoms with Crippen molar-refractivity contribution in [1.82, 2.24) is 5.32 Å². The maximum absolute atomic E-state index is 12.6. The fourth-order valence-corrected chi connectivity index (χ4v) is 2.97. The van der Waals surface area contributed by atoms with E-state index in [-0.39, 0.29) is 18.2 Å². The number of nitrogens with zero attached hydrogens (tertiary/aromatic N) is 1. The van der Waals surface area contributed by atoms with Crippen LogP contribution in [0.15, 0.2) is 52.5 Å². The van der Waals surface area contributed by atoms with Crippen molar-refractivity contribution in [3.8, 4) is 29.9 Å². The van der Waals surface area contributed by atoms with Crippen molar-refractivity contribution >= 4 is 27.9 Å². The molecule has 1 N–H and O–H groups in total. The lowest BCUT2D eigenvalue weighted by atomic mass is 10.1. The molecule has 2 aromatic carbocycles. The molecule has 0 aliphatic heterocycles. The van der Waals surface area contributed by atoms with Crippen LogP contribution in [0.4, 0.5) is 0 Å². The van der Waals surface area contributed by atoms with Gasteiger partial charge in [-0.1, -0.05) is 52.2 Å². The fourth-order valence-electron chi connectivity index (χ4n) is 2.52. The lowest BCUT2D eigenvalue weighted by Crippen LogP contribution is -2.27. The molecule has 0 aliphatic rings. The van der Waals surface area contributed by atoms with Gasteiger partial charge in [-0.2, -0.15) is 5.26 Å². The van der Waals surface area contributed by atoms with Gasteiger partial charge in [0.05, 0.1) is 13.2 Å². The summed E-state index contributed by atoms with van der Waals surface area (Å²) < 4.78 is 11.6. The van der Waals surface area contributed by atoms with E-state index in [1.165, 1.54) is 13.2 Å². The van der Waals surface area contributed by atoms with Crippen LogP contribution in [0.25, 0.3) is 6.08 Å². The van der Waals surface area contributed by atoms with Gasteiger partial charge >= 0.3 is 0 Å². The Morgan fingerprint density at radius 2 is 2.07 bits per heavy atom. The van der Waals surface area contributed by atoms with Crippen LogP contribution in [0.1, 0.15) is 24.1 Å². The van der Waals surface area contributed by atoms with E-state index in [1.54, 1.807) is 12.1 Å². The summed E-state index contributed by atoms with van der Waals surface area (Å²) in [5.41, 5.74) is 1.38. The molecule has 0 heterocycles. The number of ether oxygens (including phenoxy) is 2. The second kappa shape index (κ2) is 10.2. The van der Waals surface area contributed by atoms with Crippen molar-refractivity contribution in [1.29, 1.82) is 5.26 Å². The molecule has 0 radical (unpaired) electrons. The molecule has 142 valence electrons. The van der Waals surface area contributed by atoms with E-state index in [0.29, 0.717) is 21.5 Å². The number of nitrogens with one attached hydrogen (secondary N) is 1. The number of carbonyl (C=O) groups excluding carboxylic acids is 1. The number of halogens is 1. The van der Waals surface area contributed by atoms with E-state index in [0.717, 1.165) is 5.56 Å². The molecule has 0 aliphatic carbocycles. The van der Waals surface area contributed by atoms with Crippen LogP contribution in [0.3, 0.4) is 0 Å². The molecule has 0 fully saturated rings. The SMILES string of the molecule is C#CCOc1c(/C=C(\C#N)C(=O)N[C@H](C)c2ccccc2)cc(Br)cc1OC. The zero-order valence-electron chi connectivity index (χ0n) is 15.5. The first kappa shape index (κ1) is 21.1. The molecule has 0 spiro atoms. The summed E-state index contributed by atoms with van der Waals surface area (Å²) in [7, 11) is 1.50. The van der Waals surface area contributed by atoms with Gasteiger partial charge in [0.15, 0.2) is 11.5 Å². The van der Waals surface area contributed by atoms with Crippen LogP contribution >= 0.6 is 15.9 Å². The number of benzene rings is 2. The van der Waals surface area contributed by atoms with Crippen LogP contribution in [0.2, 0.25) is 0 Å². The minimum atomic E-state index is -0.485. The molecule has 2 aromatic rings. The molecule has 1 atom stereocenters. The van der Waals surface area contributed by atoms with Crippen LogP contribution < -0.4 is 14.8 Å². The average molecular weight is 439 g/mol. The lowest BCUT2D eigenvalue weighted by molar-refractivity contribution is -0.117. The first-order valence-electron chi connectivity index (χ1n) is 8.41. The summed E-state index contributed by atoms with van der Waals surface area (Å²) in [6.45, 7) is 1.88. The maximum atomic E-state index is 12.6. The van der Waals surface area contributed by atoms with Crippen molar-refractivity contribution in [2.24, 2.45) is 0 Å². The highest BCUT2D eigenvalue weighted by Gasteiger charge is 2.17. The van der Waals surface area contributed by atoms with Crippen molar-refractivity contribution in [3.63, 3.8) is 0 Å². The first-order valence-corrected chi connectivity index (χ1v) is 9.20. The van der Waals surface area contributed by atoms with Gasteiger partial charge in [-0.3, -0.25) is 4.79 Å². The van der Waals surface area contributed by atoms with Crippen molar-refractivity contribution in [3.05, 3.63) is 63.6 Å². The van der Waals surface area contributed by atoms with Gasteiger partial charge in [0, 0.05) is 10.0 Å². The molecule has 28 heavy (non-hydrogen) atoms. The fraction of sp³-hybridized carbons (Fsp3) is 0.182. The minimum Gasteiger partial charge on any atom is -0.493 e. The Bertz CT molecular complexity index is 956. The molecule has 6 heteroatoms. The third-order valence-corrected chi connectivity index (χ3v) is 4.34. The van der Waals surface area contributed by atoms with Crippen molar-refractivity contribution in [2.45, 2.75) is 13.0 Å². The Morgan fingerprint density at radius 3 is 2.68 bits per heavy atom. The third-order valence-electron chi connectivity index (χ3n) is 3.88. The second-order valence-corrected chi connectivity index (χ2v) is 6.71. The van der Waals surface area contributed by atoms with Crippen LogP contribution in [-0.2, 0) is 4.79 Å². The Balaban J connectivity index is 2.35. The van der Waals surface area contributed by atoms with Crippen molar-refractivity contribution < 1.29 is 14.3 Å². The number of nitriles is 1.